The lowest BCUT2D eigenvalue weighted by molar-refractivity contribution is -0.117. The summed E-state index contributed by atoms with van der Waals surface area (Å²) in [6.45, 7) is 8.11. The van der Waals surface area contributed by atoms with Crippen LogP contribution in [0.3, 0.4) is 0 Å². The van der Waals surface area contributed by atoms with Crippen LogP contribution >= 0.6 is 15.9 Å². The zero-order valence-electron chi connectivity index (χ0n) is 11.4. The molecule has 1 aromatic carbocycles. The standard InChI is InChI=1S/C14H21BrN2O/c1-9-5-6-10(7-11(9)15)17-13(18)8-12(16)14(2,3)4/h5-7,12H,8,16H2,1-4H3,(H,17,18). The second kappa shape index (κ2) is 5.85. The fourth-order valence-corrected chi connectivity index (χ4v) is 1.77. The highest BCUT2D eigenvalue weighted by atomic mass is 79.9. The number of nitrogens with one attached hydrogen (secondary N) is 1. The van der Waals surface area contributed by atoms with E-state index in [0.717, 1.165) is 15.7 Å². The van der Waals surface area contributed by atoms with Gasteiger partial charge in [0, 0.05) is 22.6 Å². The first-order chi connectivity index (χ1) is 8.20. The van der Waals surface area contributed by atoms with Crippen molar-refractivity contribution in [3.8, 4) is 0 Å². The van der Waals surface area contributed by atoms with E-state index < -0.39 is 0 Å². The minimum Gasteiger partial charge on any atom is -0.327 e. The fourth-order valence-electron chi connectivity index (χ4n) is 1.39. The van der Waals surface area contributed by atoms with Gasteiger partial charge in [-0.25, -0.2) is 0 Å². The summed E-state index contributed by atoms with van der Waals surface area (Å²) in [5, 5.41) is 2.86. The Labute approximate surface area is 117 Å². The molecule has 0 radical (unpaired) electrons. The lowest BCUT2D eigenvalue weighted by Gasteiger charge is -2.26. The predicted octanol–water partition coefficient (Wildman–Crippen LogP) is 3.46. The van der Waals surface area contributed by atoms with Gasteiger partial charge in [0.25, 0.3) is 0 Å². The molecule has 18 heavy (non-hydrogen) atoms. The van der Waals surface area contributed by atoms with Crippen LogP contribution < -0.4 is 11.1 Å². The number of carbonyl (C=O) groups is 1. The number of rotatable bonds is 3. The quantitative estimate of drug-likeness (QED) is 0.898. The van der Waals surface area contributed by atoms with Crippen molar-refractivity contribution >= 4 is 27.5 Å². The molecule has 0 heterocycles. The van der Waals surface area contributed by atoms with Crippen molar-refractivity contribution in [2.45, 2.75) is 40.2 Å². The Bertz CT molecular complexity index is 438. The van der Waals surface area contributed by atoms with Crippen LogP contribution in [0.25, 0.3) is 0 Å². The average Bonchev–Trinajstić information content (AvgIpc) is 2.22. The van der Waals surface area contributed by atoms with Crippen LogP contribution in [0.1, 0.15) is 32.8 Å². The summed E-state index contributed by atoms with van der Waals surface area (Å²) in [7, 11) is 0. The van der Waals surface area contributed by atoms with E-state index in [2.05, 4.69) is 21.2 Å². The van der Waals surface area contributed by atoms with Gasteiger partial charge in [0.2, 0.25) is 5.91 Å². The molecule has 0 bridgehead atoms. The van der Waals surface area contributed by atoms with Crippen LogP contribution in [0.4, 0.5) is 5.69 Å². The molecular formula is C14H21BrN2O. The number of amides is 1. The maximum atomic E-state index is 11.9. The van der Waals surface area contributed by atoms with Crippen molar-refractivity contribution in [1.82, 2.24) is 0 Å². The molecule has 0 saturated heterocycles. The normalized spacial score (nSPS) is 13.2. The van der Waals surface area contributed by atoms with E-state index in [0.29, 0.717) is 6.42 Å². The van der Waals surface area contributed by atoms with Crippen LogP contribution in [-0.4, -0.2) is 11.9 Å². The van der Waals surface area contributed by atoms with Gasteiger partial charge in [-0.15, -0.1) is 0 Å². The van der Waals surface area contributed by atoms with E-state index >= 15 is 0 Å². The van der Waals surface area contributed by atoms with E-state index in [1.54, 1.807) is 0 Å². The molecule has 0 aromatic heterocycles. The molecule has 0 aliphatic rings. The van der Waals surface area contributed by atoms with Crippen molar-refractivity contribution in [2.24, 2.45) is 11.1 Å². The number of carbonyl (C=O) groups excluding carboxylic acids is 1. The molecule has 3 N–H and O–H groups in total. The molecule has 1 amide bonds. The minimum atomic E-state index is -0.147. The van der Waals surface area contributed by atoms with E-state index in [1.165, 1.54) is 0 Å². The molecule has 0 fully saturated rings. The molecule has 0 spiro atoms. The predicted molar refractivity (Wildman–Crippen MR) is 79.6 cm³/mol. The smallest absolute Gasteiger partial charge is 0.225 e. The van der Waals surface area contributed by atoms with Crippen LogP contribution in [0.5, 0.6) is 0 Å². The molecule has 3 nitrogen and oxygen atoms in total. The van der Waals surface area contributed by atoms with Crippen molar-refractivity contribution in [2.75, 3.05) is 5.32 Å². The van der Waals surface area contributed by atoms with Crippen LogP contribution in [0.15, 0.2) is 22.7 Å². The molecule has 0 aliphatic carbocycles. The second-order valence-corrected chi connectivity index (χ2v) is 6.54. The zero-order chi connectivity index (χ0) is 13.9. The van der Waals surface area contributed by atoms with Crippen LogP contribution in [0, 0.1) is 12.3 Å². The van der Waals surface area contributed by atoms with E-state index in [1.807, 2.05) is 45.9 Å². The largest absolute Gasteiger partial charge is 0.327 e. The van der Waals surface area contributed by atoms with Gasteiger partial charge in [-0.3, -0.25) is 4.79 Å². The minimum absolute atomic E-state index is 0.0480. The molecule has 4 heteroatoms. The Morgan fingerprint density at radius 3 is 2.56 bits per heavy atom. The number of nitrogens with two attached hydrogens (primary N) is 1. The molecule has 0 aliphatic heterocycles. The highest BCUT2D eigenvalue weighted by Crippen LogP contribution is 2.22. The summed E-state index contributed by atoms with van der Waals surface area (Å²) in [5.74, 6) is -0.0480. The second-order valence-electron chi connectivity index (χ2n) is 5.69. The van der Waals surface area contributed by atoms with Gasteiger partial charge in [0.05, 0.1) is 0 Å². The van der Waals surface area contributed by atoms with E-state index in [4.69, 9.17) is 5.73 Å². The molecular weight excluding hydrogens is 292 g/mol. The Morgan fingerprint density at radius 1 is 1.44 bits per heavy atom. The maximum absolute atomic E-state index is 11.9. The molecule has 100 valence electrons. The fraction of sp³-hybridized carbons (Fsp3) is 0.500. The van der Waals surface area contributed by atoms with Crippen molar-refractivity contribution in [3.63, 3.8) is 0 Å². The Balaban J connectivity index is 2.62. The topological polar surface area (TPSA) is 55.1 Å². The van der Waals surface area contributed by atoms with Gasteiger partial charge in [-0.05, 0) is 30.0 Å². The SMILES string of the molecule is Cc1ccc(NC(=O)CC(N)C(C)(C)C)cc1Br. The Morgan fingerprint density at radius 2 is 2.06 bits per heavy atom. The summed E-state index contributed by atoms with van der Waals surface area (Å²) in [6, 6.07) is 5.60. The summed E-state index contributed by atoms with van der Waals surface area (Å²) in [4.78, 5) is 11.9. The van der Waals surface area contributed by atoms with Gasteiger partial charge in [0.1, 0.15) is 0 Å². The van der Waals surface area contributed by atoms with Gasteiger partial charge >= 0.3 is 0 Å². The molecule has 1 unspecified atom stereocenters. The molecule has 1 atom stereocenters. The summed E-state index contributed by atoms with van der Waals surface area (Å²) in [5.41, 5.74) is 7.85. The summed E-state index contributed by atoms with van der Waals surface area (Å²) in [6.07, 6.45) is 0.328. The number of anilines is 1. The first kappa shape index (κ1) is 15.2. The third-order valence-electron chi connectivity index (χ3n) is 2.97. The van der Waals surface area contributed by atoms with Crippen molar-refractivity contribution in [1.29, 1.82) is 0 Å². The highest BCUT2D eigenvalue weighted by molar-refractivity contribution is 9.10. The van der Waals surface area contributed by atoms with Crippen LogP contribution in [-0.2, 0) is 4.79 Å². The van der Waals surface area contributed by atoms with Gasteiger partial charge in [-0.1, -0.05) is 42.8 Å². The Hall–Kier alpha value is -0.870. The molecule has 1 aromatic rings. The zero-order valence-corrected chi connectivity index (χ0v) is 13.0. The summed E-state index contributed by atoms with van der Waals surface area (Å²) >= 11 is 3.44. The molecule has 1 rings (SSSR count). The number of hydrogen-bond acceptors (Lipinski definition) is 2. The number of aryl methyl sites for hydroxylation is 1. The van der Waals surface area contributed by atoms with Crippen LogP contribution in [0.2, 0.25) is 0 Å². The third-order valence-corrected chi connectivity index (χ3v) is 3.83. The number of hydrogen-bond donors (Lipinski definition) is 2. The van der Waals surface area contributed by atoms with Gasteiger partial charge < -0.3 is 11.1 Å². The number of halogens is 1. The van der Waals surface area contributed by atoms with E-state index in [-0.39, 0.29) is 17.4 Å². The van der Waals surface area contributed by atoms with Gasteiger partial charge in [0.15, 0.2) is 0 Å². The van der Waals surface area contributed by atoms with Gasteiger partial charge in [-0.2, -0.15) is 0 Å². The van der Waals surface area contributed by atoms with Crippen molar-refractivity contribution < 1.29 is 4.79 Å². The van der Waals surface area contributed by atoms with Crippen molar-refractivity contribution in [3.05, 3.63) is 28.2 Å². The average molecular weight is 313 g/mol. The third kappa shape index (κ3) is 4.42. The number of benzene rings is 1. The summed E-state index contributed by atoms with van der Waals surface area (Å²) < 4.78 is 0.986. The first-order valence-corrected chi connectivity index (χ1v) is 6.81. The Kier molecular flexibility index (Phi) is 4.93. The van der Waals surface area contributed by atoms with E-state index in [9.17, 15) is 4.79 Å². The highest BCUT2D eigenvalue weighted by Gasteiger charge is 2.23. The molecule has 0 saturated carbocycles. The lowest BCUT2D eigenvalue weighted by Crippen LogP contribution is -2.38. The maximum Gasteiger partial charge on any atom is 0.225 e. The monoisotopic (exact) mass is 312 g/mol. The first-order valence-electron chi connectivity index (χ1n) is 6.01. The lowest BCUT2D eigenvalue weighted by atomic mass is 9.85.